The van der Waals surface area contributed by atoms with Crippen molar-refractivity contribution in [1.82, 2.24) is 30.7 Å². The molecule has 0 bridgehead atoms. The number of amides is 6. The van der Waals surface area contributed by atoms with E-state index in [2.05, 4.69) is 177 Å². The predicted octanol–water partition coefficient (Wildman–Crippen LogP) is 8.45. The minimum Gasteiger partial charge on any atom is -0.491 e. The zero-order chi connectivity index (χ0) is 64.8. The van der Waals surface area contributed by atoms with Crippen LogP contribution in [0.2, 0.25) is 0 Å². The monoisotopic (exact) mass is 1190 g/mol. The summed E-state index contributed by atoms with van der Waals surface area (Å²) in [5, 5.41) is 8.78. The van der Waals surface area contributed by atoms with Gasteiger partial charge in [-0.2, -0.15) is 0 Å². The maximum Gasteiger partial charge on any atom is 0.248 e. The number of carbonyl (C=O) groups excluding carboxylic acids is 6. The lowest BCUT2D eigenvalue weighted by atomic mass is 9.70. The Morgan fingerprint density at radius 3 is 0.765 bits per heavy atom. The number of hydrogen-bond donors (Lipinski definition) is 3. The molecular weight excluding hydrogens is 1080 g/mol. The molecule has 0 heterocycles. The molecule has 0 aromatic heterocycles. The highest BCUT2D eigenvalue weighted by Crippen LogP contribution is 2.53. The highest BCUT2D eigenvalue weighted by molar-refractivity contribution is 5.81. The number of hydrogen-bond acceptors (Lipinski definition) is 12. The zero-order valence-corrected chi connectivity index (χ0v) is 56.3. The molecular formula is C67H106N6O12. The molecule has 0 atom stereocenters. The molecule has 3 aromatic carbocycles. The fourth-order valence-electron chi connectivity index (χ4n) is 8.82. The van der Waals surface area contributed by atoms with Crippen LogP contribution in [0.3, 0.4) is 0 Å². The van der Waals surface area contributed by atoms with E-state index >= 15 is 0 Å². The second-order valence-corrected chi connectivity index (χ2v) is 28.7. The van der Waals surface area contributed by atoms with Gasteiger partial charge in [-0.25, -0.2) is 0 Å². The van der Waals surface area contributed by atoms with Crippen molar-refractivity contribution >= 4 is 35.4 Å². The van der Waals surface area contributed by atoms with Crippen LogP contribution < -0.4 is 30.2 Å². The molecule has 3 rings (SSSR count). The van der Waals surface area contributed by atoms with Crippen LogP contribution in [-0.4, -0.2) is 172 Å². The Hall–Kier alpha value is -6.24. The highest BCUT2D eigenvalue weighted by Gasteiger charge is 2.39. The van der Waals surface area contributed by atoms with E-state index in [-0.39, 0.29) is 113 Å². The van der Waals surface area contributed by atoms with Gasteiger partial charge in [0, 0.05) is 81.6 Å². The summed E-state index contributed by atoms with van der Waals surface area (Å²) in [4.78, 5) is 80.5. The molecule has 18 heteroatoms. The highest BCUT2D eigenvalue weighted by atomic mass is 16.5. The third-order valence-electron chi connectivity index (χ3n) is 14.2. The molecule has 0 radical (unpaired) electrons. The molecule has 18 nitrogen and oxygen atoms in total. The normalized spacial score (nSPS) is 12.4. The van der Waals surface area contributed by atoms with E-state index in [1.165, 1.54) is 14.7 Å². The molecule has 0 spiro atoms. The molecule has 0 aliphatic rings. The van der Waals surface area contributed by atoms with Crippen LogP contribution in [-0.2, 0) is 75.5 Å². The van der Waals surface area contributed by atoms with E-state index in [1.807, 2.05) is 0 Å². The second-order valence-electron chi connectivity index (χ2n) is 28.7. The van der Waals surface area contributed by atoms with Crippen LogP contribution in [0.15, 0.2) is 36.4 Å². The molecule has 0 aliphatic heterocycles. The van der Waals surface area contributed by atoms with Gasteiger partial charge < -0.3 is 59.1 Å². The molecule has 6 amide bonds. The second kappa shape index (κ2) is 30.4. The van der Waals surface area contributed by atoms with Gasteiger partial charge in [0.1, 0.15) is 76.7 Å². The van der Waals surface area contributed by atoms with Gasteiger partial charge in [-0.05, 0) is 49.2 Å². The van der Waals surface area contributed by atoms with Gasteiger partial charge >= 0.3 is 0 Å². The van der Waals surface area contributed by atoms with Crippen LogP contribution in [0.5, 0.6) is 17.2 Å². The van der Waals surface area contributed by atoms with E-state index in [0.717, 1.165) is 50.1 Å². The summed E-state index contributed by atoms with van der Waals surface area (Å²) in [6.45, 7) is 38.1. The average molecular weight is 1190 g/mol. The zero-order valence-electron chi connectivity index (χ0n) is 56.3. The van der Waals surface area contributed by atoms with E-state index in [1.54, 1.807) is 42.3 Å². The Balaban J connectivity index is 2.63. The standard InChI is InChI=1S/C67H106N6O12/c1-62(2,3)43-31-46(59(49(34-43)65(10,11)12)83-28-25-68-52(74)37-80-40-55(77)71(19)20)58(47-32-44(63(4,5)6)35-50(66(13,14)15)60(47)84-29-26-69-53(75)38-81-41-56(78)72(21)22)48-33-45(64(7,8)9)36-51(67(16,17)18)61(48)85-30-27-70-54(76)39-82-42-57(79)73(23)24/h31-36,58H,25-30,37-42H2,1-24H3,(H,68,74)(H,69,75)(H,70,76). The SMILES string of the molecule is CN(C)C(=O)COCC(=O)NCCOc1c(C(c2cc(C(C)(C)C)cc(C(C)(C)C)c2OCCNC(=O)COCC(=O)N(C)C)c2cc(C(C)(C)C)cc(C(C)(C)C)c2OCCNC(=O)COCC(=O)N(C)C)cc(C(C)(C)C)cc1C(C)(C)C. The van der Waals surface area contributed by atoms with Crippen molar-refractivity contribution in [2.75, 3.05) is 121 Å². The smallest absolute Gasteiger partial charge is 0.248 e. The Morgan fingerprint density at radius 1 is 0.353 bits per heavy atom. The number of rotatable bonds is 27. The van der Waals surface area contributed by atoms with Crippen LogP contribution in [0.1, 0.15) is 181 Å². The molecule has 3 N–H and O–H groups in total. The maximum absolute atomic E-state index is 13.2. The summed E-state index contributed by atoms with van der Waals surface area (Å²) in [5.41, 5.74) is 5.76. The van der Waals surface area contributed by atoms with E-state index in [9.17, 15) is 28.8 Å². The lowest BCUT2D eigenvalue weighted by molar-refractivity contribution is -0.137. The Morgan fingerprint density at radius 2 is 0.576 bits per heavy atom. The molecule has 3 aromatic rings. The van der Waals surface area contributed by atoms with Crippen LogP contribution in [0, 0.1) is 0 Å². The molecule has 0 fully saturated rings. The number of nitrogens with one attached hydrogen (secondary N) is 3. The fraction of sp³-hybridized carbons (Fsp3) is 0.642. The van der Waals surface area contributed by atoms with Crippen LogP contribution in [0.4, 0.5) is 0 Å². The summed E-state index contributed by atoms with van der Waals surface area (Å²) in [5.74, 6) is -0.855. The number of nitrogens with zero attached hydrogens (tertiary/aromatic N) is 3. The van der Waals surface area contributed by atoms with Crippen LogP contribution in [0.25, 0.3) is 0 Å². The molecule has 0 aliphatic carbocycles. The lowest BCUT2D eigenvalue weighted by Gasteiger charge is -2.37. The van der Waals surface area contributed by atoms with Crippen molar-refractivity contribution in [1.29, 1.82) is 0 Å². The van der Waals surface area contributed by atoms with Gasteiger partial charge in [0.2, 0.25) is 35.4 Å². The third-order valence-corrected chi connectivity index (χ3v) is 14.2. The number of likely N-dealkylation sites (N-methyl/N-ethyl adjacent to an activating group) is 3. The topological polar surface area (TPSA) is 204 Å². The third kappa shape index (κ3) is 22.5. The number of benzene rings is 3. The van der Waals surface area contributed by atoms with Crippen molar-refractivity contribution in [3.63, 3.8) is 0 Å². The van der Waals surface area contributed by atoms with Crippen molar-refractivity contribution in [3.05, 3.63) is 86.5 Å². The summed E-state index contributed by atoms with van der Waals surface area (Å²) >= 11 is 0. The Kier molecular flexibility index (Phi) is 26.1. The van der Waals surface area contributed by atoms with E-state index in [0.29, 0.717) is 17.2 Å². The molecule has 85 heavy (non-hydrogen) atoms. The molecule has 0 unspecified atom stereocenters. The molecule has 0 saturated heterocycles. The average Bonchev–Trinajstić information content (AvgIpc) is 0.843. The first-order valence-electron chi connectivity index (χ1n) is 29.6. The summed E-state index contributed by atoms with van der Waals surface area (Å²) < 4.78 is 37.9. The first-order valence-corrected chi connectivity index (χ1v) is 29.6. The molecule has 476 valence electrons. The summed E-state index contributed by atoms with van der Waals surface area (Å²) in [6, 6.07) is 13.4. The first kappa shape index (κ1) is 73.0. The number of carbonyl (C=O) groups is 6. The van der Waals surface area contributed by atoms with Crippen molar-refractivity contribution in [3.8, 4) is 17.2 Å². The lowest BCUT2D eigenvalue weighted by Crippen LogP contribution is -2.34. The van der Waals surface area contributed by atoms with Crippen molar-refractivity contribution < 1.29 is 57.2 Å². The Labute approximate surface area is 509 Å². The van der Waals surface area contributed by atoms with Crippen LogP contribution >= 0.6 is 0 Å². The van der Waals surface area contributed by atoms with Crippen molar-refractivity contribution in [2.45, 2.75) is 163 Å². The maximum atomic E-state index is 13.2. The van der Waals surface area contributed by atoms with Crippen molar-refractivity contribution in [2.24, 2.45) is 0 Å². The Bertz CT molecular complexity index is 2480. The minimum atomic E-state index is -0.720. The van der Waals surface area contributed by atoms with E-state index < -0.39 is 39.9 Å². The van der Waals surface area contributed by atoms with Gasteiger partial charge in [-0.3, -0.25) is 28.8 Å². The minimum absolute atomic E-state index is 0.0662. The number of ether oxygens (including phenoxy) is 6. The quantitative estimate of drug-likeness (QED) is 0.0486. The van der Waals surface area contributed by atoms with Gasteiger partial charge in [-0.1, -0.05) is 161 Å². The van der Waals surface area contributed by atoms with Gasteiger partial charge in [0.15, 0.2) is 0 Å². The van der Waals surface area contributed by atoms with Gasteiger partial charge in [0.05, 0.1) is 19.6 Å². The fourth-order valence-corrected chi connectivity index (χ4v) is 8.82. The summed E-state index contributed by atoms with van der Waals surface area (Å²) in [6.07, 6.45) is 0. The largest absolute Gasteiger partial charge is 0.491 e. The van der Waals surface area contributed by atoms with Gasteiger partial charge in [0.25, 0.3) is 0 Å². The summed E-state index contributed by atoms with van der Waals surface area (Å²) in [7, 11) is 9.75. The predicted molar refractivity (Wildman–Crippen MR) is 337 cm³/mol. The van der Waals surface area contributed by atoms with Gasteiger partial charge in [-0.15, -0.1) is 0 Å². The van der Waals surface area contributed by atoms with E-state index in [4.69, 9.17) is 28.4 Å². The first-order chi connectivity index (χ1) is 39.0. The molecule has 0 saturated carbocycles.